The Bertz CT molecular complexity index is 992. The van der Waals surface area contributed by atoms with Gasteiger partial charge in [-0.25, -0.2) is 4.68 Å². The van der Waals surface area contributed by atoms with Crippen LogP contribution in [0, 0.1) is 0 Å². The molecule has 120 valence electrons. The zero-order valence-electron chi connectivity index (χ0n) is 12.7. The Labute approximate surface area is 143 Å². The molecular formula is C18H15ClN4O. The fourth-order valence-corrected chi connectivity index (χ4v) is 2.87. The van der Waals surface area contributed by atoms with Crippen molar-refractivity contribution in [2.45, 2.75) is 6.54 Å². The van der Waals surface area contributed by atoms with Gasteiger partial charge < -0.3 is 15.5 Å². The molecule has 3 N–H and O–H groups in total. The Morgan fingerprint density at radius 3 is 2.79 bits per heavy atom. The van der Waals surface area contributed by atoms with Gasteiger partial charge in [-0.1, -0.05) is 23.7 Å². The van der Waals surface area contributed by atoms with Crippen LogP contribution in [-0.2, 0) is 6.54 Å². The van der Waals surface area contributed by atoms with Crippen molar-refractivity contribution in [3.63, 3.8) is 0 Å². The Balaban J connectivity index is 1.82. The number of hydrogen-bond acceptors (Lipinski definition) is 4. The van der Waals surface area contributed by atoms with Gasteiger partial charge in [0.05, 0.1) is 29.0 Å². The van der Waals surface area contributed by atoms with Gasteiger partial charge >= 0.3 is 0 Å². The molecule has 0 bridgehead atoms. The first-order chi connectivity index (χ1) is 11.7. The molecule has 5 nitrogen and oxygen atoms in total. The van der Waals surface area contributed by atoms with E-state index >= 15 is 0 Å². The van der Waals surface area contributed by atoms with Crippen molar-refractivity contribution in [3.8, 4) is 5.69 Å². The second kappa shape index (κ2) is 5.94. The number of furan rings is 1. The smallest absolute Gasteiger partial charge is 0.156 e. The average Bonchev–Trinajstić information content (AvgIpc) is 3.21. The van der Waals surface area contributed by atoms with Crippen molar-refractivity contribution in [1.29, 1.82) is 0 Å². The van der Waals surface area contributed by atoms with Crippen LogP contribution in [0.4, 0.5) is 11.5 Å². The highest BCUT2D eigenvalue weighted by Gasteiger charge is 2.14. The first kappa shape index (κ1) is 14.7. The largest absolute Gasteiger partial charge is 0.467 e. The highest BCUT2D eigenvalue weighted by atomic mass is 35.5. The predicted molar refractivity (Wildman–Crippen MR) is 96.5 cm³/mol. The van der Waals surface area contributed by atoms with E-state index in [2.05, 4.69) is 10.4 Å². The summed E-state index contributed by atoms with van der Waals surface area (Å²) in [5, 5.41) is 9.59. The molecule has 4 rings (SSSR count). The van der Waals surface area contributed by atoms with Crippen LogP contribution in [-0.4, -0.2) is 9.78 Å². The maximum Gasteiger partial charge on any atom is 0.156 e. The summed E-state index contributed by atoms with van der Waals surface area (Å²) in [5.74, 6) is 1.59. The minimum Gasteiger partial charge on any atom is -0.467 e. The van der Waals surface area contributed by atoms with Crippen molar-refractivity contribution in [3.05, 3.63) is 71.6 Å². The van der Waals surface area contributed by atoms with Crippen LogP contribution in [0.1, 0.15) is 5.76 Å². The molecule has 0 aliphatic rings. The molecule has 2 heterocycles. The number of anilines is 2. The average molecular weight is 339 g/mol. The van der Waals surface area contributed by atoms with Crippen LogP contribution in [0.5, 0.6) is 0 Å². The summed E-state index contributed by atoms with van der Waals surface area (Å²) >= 11 is 6.34. The van der Waals surface area contributed by atoms with E-state index in [1.807, 2.05) is 54.6 Å². The van der Waals surface area contributed by atoms with E-state index in [1.54, 1.807) is 10.9 Å². The third-order valence-corrected chi connectivity index (χ3v) is 4.12. The summed E-state index contributed by atoms with van der Waals surface area (Å²) in [4.78, 5) is 0. The Morgan fingerprint density at radius 2 is 2.00 bits per heavy atom. The van der Waals surface area contributed by atoms with Gasteiger partial charge in [0, 0.05) is 11.1 Å². The molecule has 0 unspecified atom stereocenters. The standard InChI is InChI=1S/C18H15ClN4O/c19-15-5-1-2-6-16(15)23-17-10-12(20)7-8-14(17)18(22-23)21-11-13-4-3-9-24-13/h1-10H,11,20H2,(H,21,22). The van der Waals surface area contributed by atoms with Crippen molar-refractivity contribution in [1.82, 2.24) is 9.78 Å². The van der Waals surface area contributed by atoms with E-state index in [1.165, 1.54) is 0 Å². The maximum atomic E-state index is 6.34. The SMILES string of the molecule is Nc1ccc2c(NCc3ccco3)nn(-c3ccccc3Cl)c2c1. The number of nitrogens with one attached hydrogen (secondary N) is 1. The number of fused-ring (bicyclic) bond motifs is 1. The van der Waals surface area contributed by atoms with E-state index < -0.39 is 0 Å². The lowest BCUT2D eigenvalue weighted by Gasteiger charge is -2.05. The summed E-state index contributed by atoms with van der Waals surface area (Å²) < 4.78 is 7.16. The monoisotopic (exact) mass is 338 g/mol. The number of aromatic nitrogens is 2. The normalized spacial score (nSPS) is 11.0. The van der Waals surface area contributed by atoms with Gasteiger partial charge in [0.1, 0.15) is 5.76 Å². The summed E-state index contributed by atoms with van der Waals surface area (Å²) in [6.45, 7) is 0.548. The quantitative estimate of drug-likeness (QED) is 0.539. The molecule has 0 amide bonds. The van der Waals surface area contributed by atoms with E-state index in [0.717, 1.165) is 28.2 Å². The molecule has 0 aliphatic heterocycles. The number of halogens is 1. The summed E-state index contributed by atoms with van der Waals surface area (Å²) in [7, 11) is 0. The molecule has 2 aromatic carbocycles. The minimum absolute atomic E-state index is 0.548. The first-order valence-corrected chi connectivity index (χ1v) is 7.89. The van der Waals surface area contributed by atoms with Crippen molar-refractivity contribution in [2.24, 2.45) is 0 Å². The van der Waals surface area contributed by atoms with Crippen LogP contribution in [0.25, 0.3) is 16.6 Å². The van der Waals surface area contributed by atoms with E-state index in [-0.39, 0.29) is 0 Å². The van der Waals surface area contributed by atoms with Gasteiger partial charge in [0.2, 0.25) is 0 Å². The molecule has 0 aliphatic carbocycles. The van der Waals surface area contributed by atoms with E-state index in [9.17, 15) is 0 Å². The molecule has 0 spiro atoms. The highest BCUT2D eigenvalue weighted by Crippen LogP contribution is 2.30. The predicted octanol–water partition coefficient (Wildman–Crippen LogP) is 4.47. The fraction of sp³-hybridized carbons (Fsp3) is 0.0556. The maximum absolute atomic E-state index is 6.34. The lowest BCUT2D eigenvalue weighted by atomic mass is 10.2. The fourth-order valence-electron chi connectivity index (χ4n) is 2.65. The molecule has 0 radical (unpaired) electrons. The minimum atomic E-state index is 0.548. The molecule has 4 aromatic rings. The topological polar surface area (TPSA) is 69.0 Å². The number of nitrogens with zero attached hydrogens (tertiary/aromatic N) is 2. The van der Waals surface area contributed by atoms with Crippen molar-refractivity contribution < 1.29 is 4.42 Å². The summed E-state index contributed by atoms with van der Waals surface area (Å²) in [6.07, 6.45) is 1.65. The zero-order valence-corrected chi connectivity index (χ0v) is 13.5. The number of rotatable bonds is 4. The molecule has 6 heteroatoms. The third kappa shape index (κ3) is 2.59. The van der Waals surface area contributed by atoms with Crippen LogP contribution in [0.2, 0.25) is 5.02 Å². The van der Waals surface area contributed by atoms with Gasteiger partial charge in [-0.15, -0.1) is 5.10 Å². The van der Waals surface area contributed by atoms with E-state index in [0.29, 0.717) is 17.3 Å². The van der Waals surface area contributed by atoms with Crippen LogP contribution in [0.3, 0.4) is 0 Å². The molecule has 0 saturated heterocycles. The third-order valence-electron chi connectivity index (χ3n) is 3.80. The molecule has 0 atom stereocenters. The number of benzene rings is 2. The lowest BCUT2D eigenvalue weighted by Crippen LogP contribution is -2.01. The van der Waals surface area contributed by atoms with Crippen molar-refractivity contribution >= 4 is 34.0 Å². The van der Waals surface area contributed by atoms with Crippen LogP contribution in [0.15, 0.2) is 65.3 Å². The molecular weight excluding hydrogens is 324 g/mol. The van der Waals surface area contributed by atoms with Gasteiger partial charge in [0.25, 0.3) is 0 Å². The number of nitrogen functional groups attached to an aromatic ring is 1. The van der Waals surface area contributed by atoms with Crippen LogP contribution >= 0.6 is 11.6 Å². The Morgan fingerprint density at radius 1 is 1.12 bits per heavy atom. The van der Waals surface area contributed by atoms with Gasteiger partial charge in [-0.2, -0.15) is 0 Å². The zero-order chi connectivity index (χ0) is 16.5. The highest BCUT2D eigenvalue weighted by molar-refractivity contribution is 6.32. The van der Waals surface area contributed by atoms with Gasteiger partial charge in [0.15, 0.2) is 5.82 Å². The number of para-hydroxylation sites is 1. The van der Waals surface area contributed by atoms with Crippen molar-refractivity contribution in [2.75, 3.05) is 11.1 Å². The molecule has 0 fully saturated rings. The molecule has 24 heavy (non-hydrogen) atoms. The lowest BCUT2D eigenvalue weighted by molar-refractivity contribution is 0.518. The number of nitrogens with two attached hydrogens (primary N) is 1. The van der Waals surface area contributed by atoms with Gasteiger partial charge in [-0.3, -0.25) is 0 Å². The van der Waals surface area contributed by atoms with E-state index in [4.69, 9.17) is 21.8 Å². The summed E-state index contributed by atoms with van der Waals surface area (Å²) in [6, 6.07) is 17.1. The second-order valence-electron chi connectivity index (χ2n) is 5.42. The Kier molecular flexibility index (Phi) is 3.63. The molecule has 0 saturated carbocycles. The van der Waals surface area contributed by atoms with Gasteiger partial charge in [-0.05, 0) is 42.5 Å². The van der Waals surface area contributed by atoms with Crippen LogP contribution < -0.4 is 11.1 Å². The Hall–Kier alpha value is -2.92. The summed E-state index contributed by atoms with van der Waals surface area (Å²) in [5.41, 5.74) is 8.33. The number of hydrogen-bond donors (Lipinski definition) is 2. The first-order valence-electron chi connectivity index (χ1n) is 7.52. The second-order valence-corrected chi connectivity index (χ2v) is 5.83. The molecule has 2 aromatic heterocycles.